The molecule has 2 nitrogen and oxygen atoms in total. The van der Waals surface area contributed by atoms with E-state index >= 15 is 0 Å². The van der Waals surface area contributed by atoms with Crippen LogP contribution >= 0.6 is 11.9 Å². The van der Waals surface area contributed by atoms with Crippen molar-refractivity contribution in [3.8, 4) is 12.3 Å². The van der Waals surface area contributed by atoms with E-state index in [0.717, 1.165) is 19.6 Å². The Labute approximate surface area is 79.2 Å². The first-order valence-corrected chi connectivity index (χ1v) is 5.39. The van der Waals surface area contributed by atoms with Crippen molar-refractivity contribution < 1.29 is 0 Å². The SMILES string of the molecule is C#C[C@H]1CNCCN1SCCC. The lowest BCUT2D eigenvalue weighted by Gasteiger charge is -2.31. The van der Waals surface area contributed by atoms with E-state index in [4.69, 9.17) is 6.42 Å². The Bertz CT molecular complexity index is 164. The molecule has 1 heterocycles. The first-order chi connectivity index (χ1) is 5.88. The van der Waals surface area contributed by atoms with E-state index < -0.39 is 0 Å². The van der Waals surface area contributed by atoms with Crippen LogP contribution < -0.4 is 5.32 Å². The van der Waals surface area contributed by atoms with Crippen molar-refractivity contribution in [3.05, 3.63) is 0 Å². The predicted octanol–water partition coefficient (Wildman–Crippen LogP) is 0.952. The lowest BCUT2D eigenvalue weighted by molar-refractivity contribution is 0.343. The van der Waals surface area contributed by atoms with E-state index in [2.05, 4.69) is 22.5 Å². The molecule has 0 spiro atoms. The summed E-state index contributed by atoms with van der Waals surface area (Å²) in [4.78, 5) is 0. The molecule has 1 saturated heterocycles. The minimum absolute atomic E-state index is 0.287. The molecule has 0 amide bonds. The third-order valence-electron chi connectivity index (χ3n) is 1.85. The summed E-state index contributed by atoms with van der Waals surface area (Å²) in [5, 5.41) is 3.29. The van der Waals surface area contributed by atoms with Gasteiger partial charge in [-0.25, -0.2) is 4.31 Å². The molecule has 0 aromatic carbocycles. The molecule has 0 radical (unpaired) electrons. The number of hydrogen-bond acceptors (Lipinski definition) is 3. The van der Waals surface area contributed by atoms with Crippen molar-refractivity contribution in [1.82, 2.24) is 9.62 Å². The van der Waals surface area contributed by atoms with Crippen LogP contribution in [0.3, 0.4) is 0 Å². The molecule has 0 bridgehead atoms. The minimum atomic E-state index is 0.287. The van der Waals surface area contributed by atoms with Crippen molar-refractivity contribution in [2.75, 3.05) is 25.4 Å². The second-order valence-corrected chi connectivity index (χ2v) is 4.00. The van der Waals surface area contributed by atoms with E-state index in [-0.39, 0.29) is 6.04 Å². The smallest absolute Gasteiger partial charge is 0.0932 e. The lowest BCUT2D eigenvalue weighted by atomic mass is 10.2. The van der Waals surface area contributed by atoms with Gasteiger partial charge in [0, 0.05) is 25.4 Å². The first kappa shape index (κ1) is 9.91. The van der Waals surface area contributed by atoms with Gasteiger partial charge in [-0.2, -0.15) is 0 Å². The molecule has 0 unspecified atom stereocenters. The number of nitrogens with zero attached hydrogens (tertiary/aromatic N) is 1. The van der Waals surface area contributed by atoms with Gasteiger partial charge in [-0.15, -0.1) is 6.42 Å². The summed E-state index contributed by atoms with van der Waals surface area (Å²) in [6, 6.07) is 0.287. The highest BCUT2D eigenvalue weighted by Crippen LogP contribution is 2.16. The van der Waals surface area contributed by atoms with Gasteiger partial charge in [-0.05, 0) is 6.42 Å². The Morgan fingerprint density at radius 1 is 1.75 bits per heavy atom. The fourth-order valence-electron chi connectivity index (χ4n) is 1.19. The van der Waals surface area contributed by atoms with Gasteiger partial charge in [-0.1, -0.05) is 24.8 Å². The summed E-state index contributed by atoms with van der Waals surface area (Å²) in [5.41, 5.74) is 0. The van der Waals surface area contributed by atoms with Gasteiger partial charge >= 0.3 is 0 Å². The molecule has 1 N–H and O–H groups in total. The Kier molecular flexibility index (Phi) is 4.52. The second kappa shape index (κ2) is 5.47. The van der Waals surface area contributed by atoms with Crippen LogP contribution in [0.15, 0.2) is 0 Å². The summed E-state index contributed by atoms with van der Waals surface area (Å²) in [5.74, 6) is 3.98. The largest absolute Gasteiger partial charge is 0.313 e. The minimum Gasteiger partial charge on any atom is -0.313 e. The highest BCUT2D eigenvalue weighted by molar-refractivity contribution is 7.97. The lowest BCUT2D eigenvalue weighted by Crippen LogP contribution is -2.47. The molecule has 0 aliphatic carbocycles. The monoisotopic (exact) mass is 184 g/mol. The zero-order valence-corrected chi connectivity index (χ0v) is 8.36. The first-order valence-electron chi connectivity index (χ1n) is 4.45. The third-order valence-corrected chi connectivity index (χ3v) is 3.21. The van der Waals surface area contributed by atoms with Crippen molar-refractivity contribution >= 4 is 11.9 Å². The van der Waals surface area contributed by atoms with Crippen molar-refractivity contribution in [3.63, 3.8) is 0 Å². The van der Waals surface area contributed by atoms with E-state index in [1.165, 1.54) is 12.2 Å². The summed E-state index contributed by atoms with van der Waals surface area (Å²) in [7, 11) is 0. The highest BCUT2D eigenvalue weighted by Gasteiger charge is 2.19. The molecular weight excluding hydrogens is 168 g/mol. The van der Waals surface area contributed by atoms with Gasteiger partial charge in [0.15, 0.2) is 0 Å². The molecule has 1 aliphatic rings. The van der Waals surface area contributed by atoms with E-state index in [0.29, 0.717) is 0 Å². The molecule has 1 aliphatic heterocycles. The fraction of sp³-hybridized carbons (Fsp3) is 0.778. The van der Waals surface area contributed by atoms with Gasteiger partial charge in [0.25, 0.3) is 0 Å². The molecule has 1 rings (SSSR count). The van der Waals surface area contributed by atoms with Gasteiger partial charge in [0.2, 0.25) is 0 Å². The number of piperazine rings is 1. The predicted molar refractivity (Wildman–Crippen MR) is 54.9 cm³/mol. The van der Waals surface area contributed by atoms with Crippen LogP contribution in [0.4, 0.5) is 0 Å². The molecular formula is C9H16N2S. The zero-order chi connectivity index (χ0) is 8.81. The van der Waals surface area contributed by atoms with Gasteiger partial charge < -0.3 is 5.32 Å². The second-order valence-electron chi connectivity index (χ2n) is 2.86. The quantitative estimate of drug-likeness (QED) is 0.519. The van der Waals surface area contributed by atoms with Crippen molar-refractivity contribution in [1.29, 1.82) is 0 Å². The van der Waals surface area contributed by atoms with Gasteiger partial charge in [0.05, 0.1) is 6.04 Å². The molecule has 12 heavy (non-hydrogen) atoms. The standard InChI is InChI=1S/C9H16N2S/c1-3-7-12-11-6-5-10-8-9(11)4-2/h2,9-10H,3,5-8H2,1H3/t9-/m0/s1. The highest BCUT2D eigenvalue weighted by atomic mass is 32.2. The molecule has 1 fully saturated rings. The Morgan fingerprint density at radius 3 is 3.25 bits per heavy atom. The number of hydrogen-bond donors (Lipinski definition) is 1. The molecule has 0 saturated carbocycles. The Morgan fingerprint density at radius 2 is 2.58 bits per heavy atom. The van der Waals surface area contributed by atoms with Crippen molar-refractivity contribution in [2.24, 2.45) is 0 Å². The van der Waals surface area contributed by atoms with Crippen LogP contribution in [-0.2, 0) is 0 Å². The Hall–Kier alpha value is -0.170. The van der Waals surface area contributed by atoms with E-state index in [9.17, 15) is 0 Å². The van der Waals surface area contributed by atoms with Crippen molar-refractivity contribution in [2.45, 2.75) is 19.4 Å². The molecule has 3 heteroatoms. The molecule has 0 aromatic rings. The summed E-state index contributed by atoms with van der Waals surface area (Å²) in [6.07, 6.45) is 6.63. The molecule has 0 aromatic heterocycles. The number of nitrogens with one attached hydrogen (secondary N) is 1. The topological polar surface area (TPSA) is 15.3 Å². The van der Waals surface area contributed by atoms with Crippen LogP contribution in [0, 0.1) is 12.3 Å². The third kappa shape index (κ3) is 2.71. The maximum Gasteiger partial charge on any atom is 0.0932 e. The molecule has 1 atom stereocenters. The summed E-state index contributed by atoms with van der Waals surface area (Å²) < 4.78 is 2.32. The maximum atomic E-state index is 5.42. The van der Waals surface area contributed by atoms with E-state index in [1.807, 2.05) is 11.9 Å². The van der Waals surface area contributed by atoms with Crippen LogP contribution in [0.5, 0.6) is 0 Å². The number of rotatable bonds is 3. The zero-order valence-electron chi connectivity index (χ0n) is 7.55. The maximum absolute atomic E-state index is 5.42. The van der Waals surface area contributed by atoms with Crippen LogP contribution in [-0.4, -0.2) is 35.7 Å². The summed E-state index contributed by atoms with van der Waals surface area (Å²) >= 11 is 1.88. The number of terminal acetylenes is 1. The van der Waals surface area contributed by atoms with Gasteiger partial charge in [0.1, 0.15) is 0 Å². The average Bonchev–Trinajstić information content (AvgIpc) is 2.15. The fourth-order valence-corrected chi connectivity index (χ4v) is 2.14. The Balaban J connectivity index is 2.32. The van der Waals surface area contributed by atoms with Crippen LogP contribution in [0.1, 0.15) is 13.3 Å². The average molecular weight is 184 g/mol. The normalized spacial score (nSPS) is 25.2. The van der Waals surface area contributed by atoms with Crippen LogP contribution in [0.2, 0.25) is 0 Å². The van der Waals surface area contributed by atoms with Gasteiger partial charge in [-0.3, -0.25) is 0 Å². The molecule has 68 valence electrons. The summed E-state index contributed by atoms with van der Waals surface area (Å²) in [6.45, 7) is 5.27. The van der Waals surface area contributed by atoms with E-state index in [1.54, 1.807) is 0 Å². The van der Waals surface area contributed by atoms with Crippen LogP contribution in [0.25, 0.3) is 0 Å².